The fraction of sp³-hybridized carbons (Fsp3) is 0.0800. The normalized spacial score (nSPS) is 16.8. The van der Waals surface area contributed by atoms with Crippen LogP contribution in [0.4, 0.5) is 11.4 Å². The van der Waals surface area contributed by atoms with Crippen LogP contribution in [0, 0.1) is 11.3 Å². The predicted octanol–water partition coefficient (Wildman–Crippen LogP) is 6.71. The largest absolute Gasteiger partial charge is 0.321 e. The van der Waals surface area contributed by atoms with E-state index >= 15 is 0 Å². The molecule has 3 aromatic carbocycles. The molecular formula is C25H16Cl3N3O2S. The van der Waals surface area contributed by atoms with Gasteiger partial charge in [-0.2, -0.15) is 5.26 Å². The van der Waals surface area contributed by atoms with Crippen LogP contribution in [0.1, 0.15) is 5.56 Å². The summed E-state index contributed by atoms with van der Waals surface area (Å²) in [5.41, 5.74) is 1.71. The third-order valence-corrected chi connectivity index (χ3v) is 7.28. The van der Waals surface area contributed by atoms with Crippen molar-refractivity contribution in [1.82, 2.24) is 0 Å². The van der Waals surface area contributed by atoms with Crippen molar-refractivity contribution in [2.45, 2.75) is 11.7 Å². The maximum absolute atomic E-state index is 13.5. The van der Waals surface area contributed by atoms with Gasteiger partial charge in [-0.15, -0.1) is 0 Å². The van der Waals surface area contributed by atoms with Crippen LogP contribution in [0.3, 0.4) is 0 Å². The number of nitrogens with zero attached hydrogens (tertiary/aromatic N) is 2. The van der Waals surface area contributed by atoms with Gasteiger partial charge in [0.05, 0.1) is 15.3 Å². The number of nitrogens with one attached hydrogen (secondary N) is 1. The van der Waals surface area contributed by atoms with Gasteiger partial charge in [-0.25, -0.2) is 0 Å². The predicted molar refractivity (Wildman–Crippen MR) is 138 cm³/mol. The minimum absolute atomic E-state index is 0.159. The van der Waals surface area contributed by atoms with E-state index in [2.05, 4.69) is 5.32 Å². The second kappa shape index (κ2) is 10.5. The molecule has 1 saturated heterocycles. The summed E-state index contributed by atoms with van der Waals surface area (Å²) in [6, 6.07) is 22.6. The maximum atomic E-state index is 13.5. The van der Waals surface area contributed by atoms with E-state index < -0.39 is 11.2 Å². The highest BCUT2D eigenvalue weighted by Gasteiger charge is 2.40. The first kappa shape index (κ1) is 24.2. The third-order valence-electron chi connectivity index (χ3n) is 5.03. The summed E-state index contributed by atoms with van der Waals surface area (Å²) < 4.78 is 0. The van der Waals surface area contributed by atoms with E-state index in [0.29, 0.717) is 32.9 Å². The van der Waals surface area contributed by atoms with Gasteiger partial charge in [-0.3, -0.25) is 14.5 Å². The number of benzene rings is 3. The highest BCUT2D eigenvalue weighted by molar-refractivity contribution is 8.05. The fourth-order valence-electron chi connectivity index (χ4n) is 3.41. The minimum Gasteiger partial charge on any atom is -0.321 e. The van der Waals surface area contributed by atoms with Crippen LogP contribution in [-0.2, 0) is 16.0 Å². The molecule has 1 N–H and O–H groups in total. The Morgan fingerprint density at radius 2 is 1.71 bits per heavy atom. The van der Waals surface area contributed by atoms with Crippen LogP contribution >= 0.6 is 46.6 Å². The first-order valence-corrected chi connectivity index (χ1v) is 12.1. The molecular weight excluding hydrogens is 513 g/mol. The molecule has 5 nitrogen and oxygen atoms in total. The quantitative estimate of drug-likeness (QED) is 0.295. The number of thioether (sulfide) groups is 1. The van der Waals surface area contributed by atoms with E-state index in [-0.39, 0.29) is 16.5 Å². The topological polar surface area (TPSA) is 73.2 Å². The Balaban J connectivity index is 1.70. The van der Waals surface area contributed by atoms with Gasteiger partial charge in [0, 0.05) is 16.4 Å². The maximum Gasteiger partial charge on any atom is 0.269 e. The Kier molecular flexibility index (Phi) is 7.50. The molecule has 4 rings (SSSR count). The lowest BCUT2D eigenvalue weighted by atomic mass is 10.1. The number of carbonyl (C=O) groups is 2. The van der Waals surface area contributed by atoms with Gasteiger partial charge in [0.25, 0.3) is 5.91 Å². The number of nitriles is 1. The average Bonchev–Trinajstić information content (AvgIpc) is 3.14. The van der Waals surface area contributed by atoms with Crippen LogP contribution in [0.5, 0.6) is 0 Å². The molecule has 0 radical (unpaired) electrons. The Labute approximate surface area is 215 Å². The molecule has 1 heterocycles. The molecule has 1 fully saturated rings. The van der Waals surface area contributed by atoms with Crippen molar-refractivity contribution < 1.29 is 9.59 Å². The zero-order chi connectivity index (χ0) is 24.2. The molecule has 0 spiro atoms. The highest BCUT2D eigenvalue weighted by Crippen LogP contribution is 2.42. The lowest BCUT2D eigenvalue weighted by molar-refractivity contribution is -0.117. The fourth-order valence-corrected chi connectivity index (χ4v) is 5.16. The van der Waals surface area contributed by atoms with Gasteiger partial charge in [-0.1, -0.05) is 70.8 Å². The number of rotatable bonds is 5. The van der Waals surface area contributed by atoms with Gasteiger partial charge in [0.2, 0.25) is 5.91 Å². The third kappa shape index (κ3) is 5.24. The number of para-hydroxylation sites is 1. The van der Waals surface area contributed by atoms with Crippen LogP contribution in [0.2, 0.25) is 15.1 Å². The Hall–Kier alpha value is -2.95. The summed E-state index contributed by atoms with van der Waals surface area (Å²) in [4.78, 5) is 27.9. The molecule has 1 aliphatic rings. The summed E-state index contributed by atoms with van der Waals surface area (Å²) in [5, 5.41) is 13.7. The Morgan fingerprint density at radius 1 is 1.00 bits per heavy atom. The molecule has 1 aliphatic heterocycles. The van der Waals surface area contributed by atoms with Crippen molar-refractivity contribution in [3.8, 4) is 6.07 Å². The van der Waals surface area contributed by atoms with Crippen molar-refractivity contribution in [2.24, 2.45) is 0 Å². The molecule has 3 aromatic rings. The highest BCUT2D eigenvalue weighted by atomic mass is 35.5. The van der Waals surface area contributed by atoms with Crippen molar-refractivity contribution in [1.29, 1.82) is 5.26 Å². The lowest BCUT2D eigenvalue weighted by Crippen LogP contribution is -2.30. The van der Waals surface area contributed by atoms with Crippen molar-refractivity contribution in [2.75, 3.05) is 10.2 Å². The second-order valence-electron chi connectivity index (χ2n) is 7.32. The van der Waals surface area contributed by atoms with E-state index in [1.54, 1.807) is 66.7 Å². The van der Waals surface area contributed by atoms with Gasteiger partial charge in [0.15, 0.2) is 0 Å². The zero-order valence-corrected chi connectivity index (χ0v) is 20.6. The van der Waals surface area contributed by atoms with Gasteiger partial charge >= 0.3 is 0 Å². The molecule has 1 atom stereocenters. The number of hydrogen-bond donors (Lipinski definition) is 1. The standard InChI is InChI=1S/C25H16Cl3N3O2S/c26-16-7-9-17(10-8-16)30-23(32)19(14-29)25-31(18-4-2-1-3-5-18)24(33)22(34-25)13-15-6-11-20(27)21(28)12-15/h1-12,22H,13H2,(H,30,32)/b25-19-/t22-/m0/s1. The second-order valence-corrected chi connectivity index (χ2v) is 9.76. The lowest BCUT2D eigenvalue weighted by Gasteiger charge is -2.18. The molecule has 0 aliphatic carbocycles. The summed E-state index contributed by atoms with van der Waals surface area (Å²) in [6.45, 7) is 0. The van der Waals surface area contributed by atoms with Gasteiger partial charge in [0.1, 0.15) is 16.7 Å². The molecule has 0 unspecified atom stereocenters. The summed E-state index contributed by atoms with van der Waals surface area (Å²) in [7, 11) is 0. The summed E-state index contributed by atoms with van der Waals surface area (Å²) in [6.07, 6.45) is 0.352. The molecule has 34 heavy (non-hydrogen) atoms. The van der Waals surface area contributed by atoms with Crippen LogP contribution in [-0.4, -0.2) is 17.1 Å². The number of carbonyl (C=O) groups excluding carboxylic acids is 2. The average molecular weight is 529 g/mol. The molecule has 0 saturated carbocycles. The molecule has 0 aromatic heterocycles. The zero-order valence-electron chi connectivity index (χ0n) is 17.5. The summed E-state index contributed by atoms with van der Waals surface area (Å²) in [5.74, 6) is -0.847. The van der Waals surface area contributed by atoms with E-state index in [1.165, 1.54) is 16.7 Å². The van der Waals surface area contributed by atoms with E-state index in [9.17, 15) is 14.9 Å². The van der Waals surface area contributed by atoms with Crippen LogP contribution < -0.4 is 10.2 Å². The molecule has 2 amide bonds. The van der Waals surface area contributed by atoms with Crippen LogP contribution in [0.15, 0.2) is 83.4 Å². The Morgan fingerprint density at radius 3 is 2.35 bits per heavy atom. The molecule has 170 valence electrons. The summed E-state index contributed by atoms with van der Waals surface area (Å²) >= 11 is 19.2. The van der Waals surface area contributed by atoms with Crippen molar-refractivity contribution in [3.63, 3.8) is 0 Å². The van der Waals surface area contributed by atoms with Gasteiger partial charge in [-0.05, 0) is 60.5 Å². The Bertz CT molecular complexity index is 1320. The van der Waals surface area contributed by atoms with E-state index in [0.717, 1.165) is 5.56 Å². The smallest absolute Gasteiger partial charge is 0.269 e. The number of hydrogen-bond acceptors (Lipinski definition) is 4. The SMILES string of the molecule is N#C/C(C(=O)Nc1ccc(Cl)cc1)=C1/S[C@@H](Cc2ccc(Cl)c(Cl)c2)C(=O)N1c1ccccc1. The van der Waals surface area contributed by atoms with Crippen LogP contribution in [0.25, 0.3) is 0 Å². The van der Waals surface area contributed by atoms with Crippen molar-refractivity contribution in [3.05, 3.63) is 104 Å². The van der Waals surface area contributed by atoms with E-state index in [1.807, 2.05) is 12.1 Å². The molecule has 9 heteroatoms. The van der Waals surface area contributed by atoms with Gasteiger partial charge < -0.3 is 5.32 Å². The number of anilines is 2. The minimum atomic E-state index is -0.615. The van der Waals surface area contributed by atoms with E-state index in [4.69, 9.17) is 34.8 Å². The first-order valence-electron chi connectivity index (χ1n) is 10.1. The molecule has 0 bridgehead atoms. The number of amides is 2. The van der Waals surface area contributed by atoms with Crippen molar-refractivity contribution >= 4 is 69.8 Å². The first-order chi connectivity index (χ1) is 16.4. The monoisotopic (exact) mass is 527 g/mol. The number of halogens is 3.